The van der Waals surface area contributed by atoms with Crippen molar-refractivity contribution in [2.45, 2.75) is 24.7 Å². The van der Waals surface area contributed by atoms with Gasteiger partial charge in [-0.2, -0.15) is 5.10 Å². The van der Waals surface area contributed by atoms with Crippen LogP contribution in [-0.2, 0) is 9.59 Å². The summed E-state index contributed by atoms with van der Waals surface area (Å²) in [6.07, 6.45) is 3.83. The van der Waals surface area contributed by atoms with E-state index in [2.05, 4.69) is 20.8 Å². The number of aromatic amines is 1. The average molecular weight is 617 g/mol. The summed E-state index contributed by atoms with van der Waals surface area (Å²) < 4.78 is 53.3. The van der Waals surface area contributed by atoms with Gasteiger partial charge in [-0.15, -0.1) is 0 Å². The van der Waals surface area contributed by atoms with Gasteiger partial charge in [0.1, 0.15) is 0 Å². The molecule has 1 heterocycles. The second kappa shape index (κ2) is 15.5. The Kier molecular flexibility index (Phi) is 11.2. The van der Waals surface area contributed by atoms with Gasteiger partial charge in [-0.1, -0.05) is 66.7 Å². The van der Waals surface area contributed by atoms with E-state index in [0.29, 0.717) is 11.1 Å². The van der Waals surface area contributed by atoms with Crippen molar-refractivity contribution in [3.05, 3.63) is 149 Å². The highest BCUT2D eigenvalue weighted by molar-refractivity contribution is 5.77. The zero-order valence-electron chi connectivity index (χ0n) is 24.7. The Morgan fingerprint density at radius 3 is 1.51 bits per heavy atom. The minimum Gasteiger partial charge on any atom is -0.359 e. The van der Waals surface area contributed by atoms with E-state index >= 15 is 0 Å². The molecule has 0 bridgehead atoms. The molecule has 4 aromatic carbocycles. The van der Waals surface area contributed by atoms with E-state index < -0.39 is 23.3 Å². The summed E-state index contributed by atoms with van der Waals surface area (Å²) in [6.45, 7) is 0. The first kappa shape index (κ1) is 32.7. The molecule has 45 heavy (non-hydrogen) atoms. The largest absolute Gasteiger partial charge is 0.359 e. The molecule has 2 atom stereocenters. The smallest absolute Gasteiger partial charge is 0.220 e. The van der Waals surface area contributed by atoms with Gasteiger partial charge in [0.25, 0.3) is 0 Å². The van der Waals surface area contributed by atoms with Crippen LogP contribution in [0.25, 0.3) is 11.1 Å². The Labute approximate surface area is 258 Å². The third-order valence-corrected chi connectivity index (χ3v) is 7.38. The minimum atomic E-state index is -0.922. The summed E-state index contributed by atoms with van der Waals surface area (Å²) in [6, 6.07) is 24.4. The van der Waals surface area contributed by atoms with Crippen molar-refractivity contribution in [3.8, 4) is 11.1 Å². The number of H-pyrrole nitrogens is 1. The normalized spacial score (nSPS) is 12.0. The van der Waals surface area contributed by atoms with Crippen molar-refractivity contribution in [3.63, 3.8) is 0 Å². The molecular weight excluding hydrogens is 584 g/mol. The SMILES string of the molecule is CNC(=O)CC(c1ccc(-c2cn[nH]c2)cc1)c1ccc(F)c(F)c1.CNC(=O)CC(c1ccccc1)c1ccc(F)c(F)c1. The first-order valence-electron chi connectivity index (χ1n) is 14.1. The molecule has 0 aliphatic heterocycles. The standard InChI is InChI=1S/C19H17F2N3O.C16H15F2NO/c1-22-19(25)9-16(14-6-7-17(20)18(21)8-14)13-4-2-12(3-5-13)15-10-23-24-11-15;1-19-16(20)10-13(11-5-3-2-4-6-11)12-7-8-14(17)15(18)9-12/h2-8,10-11,16H,9H2,1H3,(H,22,25)(H,23,24);2-9,13H,10H2,1H3,(H,19,20). The second-order valence-corrected chi connectivity index (χ2v) is 10.2. The average Bonchev–Trinajstić information content (AvgIpc) is 3.61. The summed E-state index contributed by atoms with van der Waals surface area (Å²) in [5.41, 5.74) is 4.80. The number of nitrogens with zero attached hydrogens (tertiary/aromatic N) is 1. The molecule has 5 rings (SSSR count). The molecule has 0 saturated heterocycles. The molecule has 1 aromatic heterocycles. The number of hydrogen-bond donors (Lipinski definition) is 3. The highest BCUT2D eigenvalue weighted by Gasteiger charge is 2.20. The van der Waals surface area contributed by atoms with Crippen LogP contribution < -0.4 is 10.6 Å². The molecule has 232 valence electrons. The number of carbonyl (C=O) groups is 2. The summed E-state index contributed by atoms with van der Waals surface area (Å²) in [7, 11) is 3.10. The van der Waals surface area contributed by atoms with Gasteiger partial charge in [-0.05, 0) is 52.1 Å². The van der Waals surface area contributed by atoms with Crippen molar-refractivity contribution in [2.75, 3.05) is 14.1 Å². The van der Waals surface area contributed by atoms with Crippen LogP contribution in [0.1, 0.15) is 46.9 Å². The third kappa shape index (κ3) is 8.66. The first-order chi connectivity index (χ1) is 21.7. The topological polar surface area (TPSA) is 86.9 Å². The predicted molar refractivity (Wildman–Crippen MR) is 164 cm³/mol. The molecule has 10 heteroatoms. The number of halogens is 4. The fraction of sp³-hybridized carbons (Fsp3) is 0.171. The summed E-state index contributed by atoms with van der Waals surface area (Å²) in [4.78, 5) is 23.5. The highest BCUT2D eigenvalue weighted by Crippen LogP contribution is 2.31. The van der Waals surface area contributed by atoms with Gasteiger partial charge < -0.3 is 10.6 Å². The van der Waals surface area contributed by atoms with Crippen LogP contribution in [0, 0.1) is 23.3 Å². The van der Waals surface area contributed by atoms with Crippen LogP contribution in [0.15, 0.2) is 103 Å². The number of rotatable bonds is 9. The van der Waals surface area contributed by atoms with Crippen LogP contribution in [-0.4, -0.2) is 36.1 Å². The van der Waals surface area contributed by atoms with Crippen molar-refractivity contribution < 1.29 is 27.2 Å². The van der Waals surface area contributed by atoms with Gasteiger partial charge in [0.05, 0.1) is 6.20 Å². The monoisotopic (exact) mass is 616 g/mol. The summed E-state index contributed by atoms with van der Waals surface area (Å²) in [5.74, 6) is -4.61. The Morgan fingerprint density at radius 1 is 0.622 bits per heavy atom. The van der Waals surface area contributed by atoms with E-state index in [-0.39, 0.29) is 36.5 Å². The lowest BCUT2D eigenvalue weighted by Crippen LogP contribution is -2.21. The van der Waals surface area contributed by atoms with Gasteiger partial charge in [0.2, 0.25) is 11.8 Å². The molecule has 0 saturated carbocycles. The molecule has 2 unspecified atom stereocenters. The van der Waals surface area contributed by atoms with Crippen LogP contribution in [0.2, 0.25) is 0 Å². The predicted octanol–water partition coefficient (Wildman–Crippen LogP) is 6.86. The van der Waals surface area contributed by atoms with Gasteiger partial charge in [0, 0.05) is 50.5 Å². The van der Waals surface area contributed by atoms with Gasteiger partial charge in [-0.3, -0.25) is 14.7 Å². The molecule has 5 aromatic rings. The van der Waals surface area contributed by atoms with Gasteiger partial charge in [0.15, 0.2) is 23.3 Å². The number of amides is 2. The molecule has 0 spiro atoms. The minimum absolute atomic E-state index is 0.145. The Morgan fingerprint density at radius 2 is 1.09 bits per heavy atom. The zero-order chi connectivity index (χ0) is 32.3. The van der Waals surface area contributed by atoms with Crippen LogP contribution in [0.5, 0.6) is 0 Å². The third-order valence-electron chi connectivity index (χ3n) is 7.38. The van der Waals surface area contributed by atoms with E-state index in [4.69, 9.17) is 0 Å². The molecular formula is C35H32F4N4O2. The van der Waals surface area contributed by atoms with E-state index in [0.717, 1.165) is 46.5 Å². The van der Waals surface area contributed by atoms with Gasteiger partial charge in [-0.25, -0.2) is 17.6 Å². The fourth-order valence-electron chi connectivity index (χ4n) is 4.89. The van der Waals surface area contributed by atoms with Crippen molar-refractivity contribution in [1.29, 1.82) is 0 Å². The number of hydrogen-bond acceptors (Lipinski definition) is 3. The molecule has 0 radical (unpaired) electrons. The van der Waals surface area contributed by atoms with E-state index in [1.807, 2.05) is 54.6 Å². The lowest BCUT2D eigenvalue weighted by Gasteiger charge is -2.18. The Hall–Kier alpha value is -5.25. The van der Waals surface area contributed by atoms with E-state index in [1.54, 1.807) is 26.5 Å². The van der Waals surface area contributed by atoms with Crippen LogP contribution in [0.3, 0.4) is 0 Å². The number of nitrogens with one attached hydrogen (secondary N) is 3. The Bertz CT molecular complexity index is 1710. The summed E-state index contributed by atoms with van der Waals surface area (Å²) >= 11 is 0. The second-order valence-electron chi connectivity index (χ2n) is 10.2. The number of carbonyl (C=O) groups excluding carboxylic acids is 2. The van der Waals surface area contributed by atoms with Gasteiger partial charge >= 0.3 is 0 Å². The molecule has 2 amide bonds. The zero-order valence-corrected chi connectivity index (χ0v) is 24.7. The van der Waals surface area contributed by atoms with E-state index in [9.17, 15) is 27.2 Å². The molecule has 6 nitrogen and oxygen atoms in total. The van der Waals surface area contributed by atoms with Crippen molar-refractivity contribution >= 4 is 11.8 Å². The van der Waals surface area contributed by atoms with Crippen LogP contribution in [0.4, 0.5) is 17.6 Å². The first-order valence-corrected chi connectivity index (χ1v) is 14.1. The quantitative estimate of drug-likeness (QED) is 0.158. The van der Waals surface area contributed by atoms with Crippen molar-refractivity contribution in [2.24, 2.45) is 0 Å². The van der Waals surface area contributed by atoms with E-state index in [1.165, 1.54) is 12.1 Å². The summed E-state index contributed by atoms with van der Waals surface area (Å²) in [5, 5.41) is 11.8. The maximum absolute atomic E-state index is 13.6. The molecule has 3 N–H and O–H groups in total. The molecule has 0 aliphatic rings. The Balaban J connectivity index is 0.000000210. The highest BCUT2D eigenvalue weighted by atomic mass is 19.2. The lowest BCUT2D eigenvalue weighted by atomic mass is 9.87. The van der Waals surface area contributed by atoms with Crippen molar-refractivity contribution in [1.82, 2.24) is 20.8 Å². The maximum atomic E-state index is 13.6. The fourth-order valence-corrected chi connectivity index (χ4v) is 4.89. The lowest BCUT2D eigenvalue weighted by molar-refractivity contribution is -0.121. The molecule has 0 aliphatic carbocycles. The maximum Gasteiger partial charge on any atom is 0.220 e. The number of aromatic nitrogens is 2. The van der Waals surface area contributed by atoms with Crippen LogP contribution >= 0.6 is 0 Å². The number of benzene rings is 4. The molecule has 0 fully saturated rings.